The lowest BCUT2D eigenvalue weighted by atomic mass is 9.75. The summed E-state index contributed by atoms with van der Waals surface area (Å²) in [7, 11) is 6.47. The van der Waals surface area contributed by atoms with E-state index < -0.39 is 0 Å². The first-order valence-corrected chi connectivity index (χ1v) is 7.52. The van der Waals surface area contributed by atoms with Gasteiger partial charge in [0.15, 0.2) is 0 Å². The third-order valence-electron chi connectivity index (χ3n) is 4.33. The van der Waals surface area contributed by atoms with Crippen molar-refractivity contribution >= 4 is 11.6 Å². The number of rotatable bonds is 7. The highest BCUT2D eigenvalue weighted by Gasteiger charge is 2.40. The average molecular weight is 277 g/mol. The first-order valence-electron chi connectivity index (χ1n) is 7.52. The van der Waals surface area contributed by atoms with Crippen molar-refractivity contribution in [1.29, 1.82) is 0 Å². The van der Waals surface area contributed by atoms with Gasteiger partial charge in [-0.05, 0) is 39.8 Å². The van der Waals surface area contributed by atoms with Gasteiger partial charge >= 0.3 is 0 Å². The monoisotopic (exact) mass is 277 g/mol. The maximum absolute atomic E-state index is 4.65. The van der Waals surface area contributed by atoms with Gasteiger partial charge in [-0.25, -0.2) is 4.98 Å². The van der Waals surface area contributed by atoms with Crippen LogP contribution in [0.15, 0.2) is 12.4 Å². The highest BCUT2D eigenvalue weighted by atomic mass is 15.3. The molecule has 0 bridgehead atoms. The molecule has 1 aromatic heterocycles. The second-order valence-electron chi connectivity index (χ2n) is 6.02. The third kappa shape index (κ3) is 3.20. The summed E-state index contributed by atoms with van der Waals surface area (Å²) in [4.78, 5) is 13.5. The average Bonchev–Trinajstić information content (AvgIpc) is 2.40. The van der Waals surface area contributed by atoms with Gasteiger partial charge < -0.3 is 15.1 Å². The van der Waals surface area contributed by atoms with E-state index in [2.05, 4.69) is 53.2 Å². The number of nitrogens with one attached hydrogen (secondary N) is 1. The Labute approximate surface area is 122 Å². The van der Waals surface area contributed by atoms with Crippen LogP contribution in [-0.2, 0) is 0 Å². The van der Waals surface area contributed by atoms with Gasteiger partial charge in [-0.2, -0.15) is 0 Å². The molecule has 1 aromatic rings. The summed E-state index contributed by atoms with van der Waals surface area (Å²) in [6.07, 6.45) is 8.59. The molecule has 2 rings (SSSR count). The van der Waals surface area contributed by atoms with Gasteiger partial charge in [-0.1, -0.05) is 6.92 Å². The number of hydrogen-bond acceptors (Lipinski definition) is 5. The first kappa shape index (κ1) is 15.0. The fraction of sp³-hybridized carbons (Fsp3) is 0.733. The van der Waals surface area contributed by atoms with Crippen molar-refractivity contribution in [3.05, 3.63) is 12.4 Å². The molecule has 5 heteroatoms. The summed E-state index contributed by atoms with van der Waals surface area (Å²) in [6, 6.07) is 0. The normalized spacial score (nSPS) is 16.9. The molecule has 1 aliphatic carbocycles. The van der Waals surface area contributed by atoms with Crippen LogP contribution in [0.3, 0.4) is 0 Å². The Morgan fingerprint density at radius 2 is 2.00 bits per heavy atom. The second kappa shape index (κ2) is 6.39. The van der Waals surface area contributed by atoms with Crippen molar-refractivity contribution in [3.8, 4) is 0 Å². The Morgan fingerprint density at radius 3 is 2.55 bits per heavy atom. The summed E-state index contributed by atoms with van der Waals surface area (Å²) in [6.45, 7) is 4.09. The van der Waals surface area contributed by atoms with Crippen LogP contribution in [-0.4, -0.2) is 54.6 Å². The van der Waals surface area contributed by atoms with Crippen molar-refractivity contribution in [2.24, 2.45) is 0 Å². The number of hydrogen-bond donors (Lipinski definition) is 1. The molecule has 0 atom stereocenters. The summed E-state index contributed by atoms with van der Waals surface area (Å²) in [5.41, 5.74) is 0.309. The number of aromatic nitrogens is 2. The topological polar surface area (TPSA) is 44.3 Å². The van der Waals surface area contributed by atoms with E-state index in [4.69, 9.17) is 0 Å². The lowest BCUT2D eigenvalue weighted by Crippen LogP contribution is -2.56. The molecule has 0 amide bonds. The van der Waals surface area contributed by atoms with Crippen molar-refractivity contribution in [1.82, 2.24) is 14.9 Å². The van der Waals surface area contributed by atoms with Crippen LogP contribution in [0.4, 0.5) is 11.6 Å². The SMILES string of the molecule is CCCNc1cncc(N(C)CC2(N(C)C)CCC2)n1. The fourth-order valence-electron chi connectivity index (χ4n) is 2.73. The molecule has 0 unspecified atom stereocenters. The Bertz CT molecular complexity index is 428. The van der Waals surface area contributed by atoms with Crippen molar-refractivity contribution < 1.29 is 0 Å². The lowest BCUT2D eigenvalue weighted by Gasteiger charge is -2.49. The van der Waals surface area contributed by atoms with Crippen LogP contribution in [0.2, 0.25) is 0 Å². The molecule has 1 N–H and O–H groups in total. The Kier molecular flexibility index (Phi) is 4.81. The molecule has 1 aliphatic rings. The van der Waals surface area contributed by atoms with Crippen LogP contribution in [0.1, 0.15) is 32.6 Å². The van der Waals surface area contributed by atoms with Crippen molar-refractivity contribution in [3.63, 3.8) is 0 Å². The third-order valence-corrected chi connectivity index (χ3v) is 4.33. The zero-order chi connectivity index (χ0) is 14.6. The van der Waals surface area contributed by atoms with E-state index in [0.29, 0.717) is 5.54 Å². The lowest BCUT2D eigenvalue weighted by molar-refractivity contribution is 0.0682. The molecule has 1 heterocycles. The Balaban J connectivity index is 2.03. The second-order valence-corrected chi connectivity index (χ2v) is 6.02. The minimum atomic E-state index is 0.309. The molecule has 20 heavy (non-hydrogen) atoms. The van der Waals surface area contributed by atoms with Crippen LogP contribution in [0.25, 0.3) is 0 Å². The highest BCUT2D eigenvalue weighted by molar-refractivity contribution is 5.43. The van der Waals surface area contributed by atoms with E-state index in [1.807, 2.05) is 6.20 Å². The van der Waals surface area contributed by atoms with Crippen molar-refractivity contribution in [2.75, 3.05) is 44.4 Å². The predicted molar refractivity (Wildman–Crippen MR) is 84.4 cm³/mol. The highest BCUT2D eigenvalue weighted by Crippen LogP contribution is 2.37. The van der Waals surface area contributed by atoms with E-state index in [-0.39, 0.29) is 0 Å². The molecular formula is C15H27N5. The van der Waals surface area contributed by atoms with Crippen LogP contribution < -0.4 is 10.2 Å². The molecule has 1 saturated carbocycles. The number of nitrogens with zero attached hydrogens (tertiary/aromatic N) is 4. The van der Waals surface area contributed by atoms with E-state index in [9.17, 15) is 0 Å². The van der Waals surface area contributed by atoms with E-state index >= 15 is 0 Å². The molecule has 0 aromatic carbocycles. The summed E-state index contributed by atoms with van der Waals surface area (Å²) >= 11 is 0. The summed E-state index contributed by atoms with van der Waals surface area (Å²) in [5, 5.41) is 3.29. The molecule has 0 saturated heterocycles. The van der Waals surface area contributed by atoms with Gasteiger partial charge in [0.05, 0.1) is 12.4 Å². The number of anilines is 2. The predicted octanol–water partition coefficient (Wildman–Crippen LogP) is 2.22. The zero-order valence-electron chi connectivity index (χ0n) is 13.2. The van der Waals surface area contributed by atoms with Crippen molar-refractivity contribution in [2.45, 2.75) is 38.1 Å². The minimum absolute atomic E-state index is 0.309. The molecule has 0 aliphatic heterocycles. The maximum Gasteiger partial charge on any atom is 0.149 e. The van der Waals surface area contributed by atoms with Gasteiger partial charge in [0, 0.05) is 25.7 Å². The Morgan fingerprint density at radius 1 is 1.25 bits per heavy atom. The van der Waals surface area contributed by atoms with Gasteiger partial charge in [0.1, 0.15) is 11.6 Å². The molecule has 0 spiro atoms. The largest absolute Gasteiger partial charge is 0.369 e. The standard InChI is InChI=1S/C15H27N5/c1-5-9-17-13-10-16-11-14(18-13)20(4)12-15(19(2)3)7-6-8-15/h10-11H,5-9,12H2,1-4H3,(H,17,18). The van der Waals surface area contributed by atoms with Crippen LogP contribution in [0.5, 0.6) is 0 Å². The van der Waals surface area contributed by atoms with E-state index in [1.54, 1.807) is 6.20 Å². The molecular weight excluding hydrogens is 250 g/mol. The molecule has 112 valence electrons. The van der Waals surface area contributed by atoms with Crippen LogP contribution >= 0.6 is 0 Å². The Hall–Kier alpha value is -1.36. The summed E-state index contributed by atoms with van der Waals surface area (Å²) in [5.74, 6) is 1.81. The molecule has 1 fully saturated rings. The van der Waals surface area contributed by atoms with Crippen LogP contribution in [0, 0.1) is 0 Å². The van der Waals surface area contributed by atoms with Gasteiger partial charge in [0.25, 0.3) is 0 Å². The minimum Gasteiger partial charge on any atom is -0.369 e. The summed E-state index contributed by atoms with van der Waals surface area (Å²) < 4.78 is 0. The van der Waals surface area contributed by atoms with Gasteiger partial charge in [-0.3, -0.25) is 4.98 Å². The zero-order valence-corrected chi connectivity index (χ0v) is 13.2. The number of likely N-dealkylation sites (N-methyl/N-ethyl adjacent to an activating group) is 2. The molecule has 5 nitrogen and oxygen atoms in total. The quantitative estimate of drug-likeness (QED) is 0.828. The van der Waals surface area contributed by atoms with E-state index in [0.717, 1.165) is 31.1 Å². The molecule has 0 radical (unpaired) electrons. The van der Waals surface area contributed by atoms with Gasteiger partial charge in [0.2, 0.25) is 0 Å². The smallest absolute Gasteiger partial charge is 0.149 e. The fourth-order valence-corrected chi connectivity index (χ4v) is 2.73. The van der Waals surface area contributed by atoms with E-state index in [1.165, 1.54) is 19.3 Å². The maximum atomic E-state index is 4.65. The first-order chi connectivity index (χ1) is 9.57. The van der Waals surface area contributed by atoms with Gasteiger partial charge in [-0.15, -0.1) is 0 Å².